The Morgan fingerprint density at radius 1 is 0.897 bits per heavy atom. The molecule has 204 valence electrons. The molecule has 2 fully saturated rings. The van der Waals surface area contributed by atoms with Gasteiger partial charge >= 0.3 is 5.97 Å². The lowest BCUT2D eigenvalue weighted by Crippen LogP contribution is -2.39. The summed E-state index contributed by atoms with van der Waals surface area (Å²) in [5, 5.41) is 20.1. The summed E-state index contributed by atoms with van der Waals surface area (Å²) in [4.78, 5) is 13.5. The van der Waals surface area contributed by atoms with Crippen molar-refractivity contribution < 1.29 is 32.2 Å². The molecule has 1 atom stereocenters. The summed E-state index contributed by atoms with van der Waals surface area (Å²) in [7, 11) is -4.04. The molecule has 1 aliphatic carbocycles. The minimum absolute atomic E-state index is 0.0897. The van der Waals surface area contributed by atoms with Crippen LogP contribution in [0.1, 0.15) is 47.9 Å². The van der Waals surface area contributed by atoms with Crippen molar-refractivity contribution in [1.82, 2.24) is 4.90 Å². The fraction of sp³-hybridized carbons (Fsp3) is 0.300. The molecule has 1 unspecified atom stereocenters. The Hall–Kier alpha value is -3.40. The number of sulfone groups is 1. The van der Waals surface area contributed by atoms with E-state index in [0.29, 0.717) is 37.1 Å². The molecule has 0 spiro atoms. The summed E-state index contributed by atoms with van der Waals surface area (Å²) in [6.45, 7) is 1.19. The first kappa shape index (κ1) is 27.2. The van der Waals surface area contributed by atoms with Crippen LogP contribution < -0.4 is 0 Å². The molecular weight excluding hydrogens is 524 g/mol. The predicted molar refractivity (Wildman–Crippen MR) is 143 cm³/mol. The second kappa shape index (κ2) is 10.3. The van der Waals surface area contributed by atoms with E-state index in [1.807, 2.05) is 35.2 Å². The lowest BCUT2D eigenvalue weighted by atomic mass is 9.75. The van der Waals surface area contributed by atoms with Gasteiger partial charge in [0.05, 0.1) is 10.5 Å². The number of hydrogen-bond acceptors (Lipinski definition) is 5. The van der Waals surface area contributed by atoms with E-state index >= 15 is 0 Å². The number of aliphatic carboxylic acids is 1. The highest BCUT2D eigenvalue weighted by atomic mass is 32.2. The van der Waals surface area contributed by atoms with Gasteiger partial charge in [0, 0.05) is 19.6 Å². The molecule has 0 radical (unpaired) electrons. The quantitative estimate of drug-likeness (QED) is 0.367. The van der Waals surface area contributed by atoms with E-state index in [9.17, 15) is 32.2 Å². The Labute approximate surface area is 226 Å². The molecule has 5 rings (SSSR count). The van der Waals surface area contributed by atoms with E-state index in [0.717, 1.165) is 12.0 Å². The number of rotatable bonds is 8. The zero-order valence-electron chi connectivity index (χ0n) is 21.2. The molecular formula is C30H29F2NO5S. The number of aliphatic hydroxyl groups is 1. The first-order valence-electron chi connectivity index (χ1n) is 12.8. The van der Waals surface area contributed by atoms with Gasteiger partial charge < -0.3 is 10.2 Å². The number of carboxylic acids is 1. The first-order chi connectivity index (χ1) is 18.6. The monoisotopic (exact) mass is 553 g/mol. The van der Waals surface area contributed by atoms with Crippen molar-refractivity contribution in [2.45, 2.75) is 47.5 Å². The van der Waals surface area contributed by atoms with E-state index in [-0.39, 0.29) is 23.4 Å². The lowest BCUT2D eigenvalue weighted by molar-refractivity contribution is -0.130. The van der Waals surface area contributed by atoms with Crippen LogP contribution in [0.3, 0.4) is 0 Å². The minimum Gasteiger partial charge on any atom is -0.477 e. The van der Waals surface area contributed by atoms with Crippen LogP contribution in [-0.2, 0) is 31.5 Å². The van der Waals surface area contributed by atoms with E-state index in [1.165, 1.54) is 30.3 Å². The van der Waals surface area contributed by atoms with Crippen LogP contribution in [0.25, 0.3) is 5.57 Å². The Morgan fingerprint density at radius 3 is 2.18 bits per heavy atom. The number of benzene rings is 3. The molecule has 9 heteroatoms. The molecule has 2 aliphatic rings. The van der Waals surface area contributed by atoms with E-state index in [4.69, 9.17) is 0 Å². The van der Waals surface area contributed by atoms with Gasteiger partial charge in [0.2, 0.25) is 0 Å². The van der Waals surface area contributed by atoms with E-state index in [2.05, 4.69) is 0 Å². The van der Waals surface area contributed by atoms with Crippen molar-refractivity contribution in [3.63, 3.8) is 0 Å². The molecule has 6 nitrogen and oxygen atoms in total. The second-order valence-corrected chi connectivity index (χ2v) is 12.6. The molecule has 0 amide bonds. The van der Waals surface area contributed by atoms with Crippen molar-refractivity contribution in [2.75, 3.05) is 13.1 Å². The molecule has 0 bridgehead atoms. The molecule has 1 saturated carbocycles. The Morgan fingerprint density at radius 2 is 1.59 bits per heavy atom. The zero-order valence-corrected chi connectivity index (χ0v) is 22.0. The zero-order chi connectivity index (χ0) is 27.8. The molecule has 3 aromatic rings. The third-order valence-corrected chi connectivity index (χ3v) is 10.5. The van der Waals surface area contributed by atoms with Crippen LogP contribution >= 0.6 is 0 Å². The summed E-state index contributed by atoms with van der Waals surface area (Å²) >= 11 is 0. The Balaban J connectivity index is 1.57. The lowest BCUT2D eigenvalue weighted by Gasteiger charge is -2.37. The SMILES string of the molecule is O=C(O)C(=C(F)F)c1ccc(C2(S(=O)(=O)c3cccc(C4(O)CCC4)c3)CCN(Cc3ccccc3)C2)cc1. The van der Waals surface area contributed by atoms with Gasteiger partial charge in [0.15, 0.2) is 9.84 Å². The number of nitrogens with zero attached hydrogens (tertiary/aromatic N) is 1. The molecule has 1 saturated heterocycles. The van der Waals surface area contributed by atoms with E-state index in [1.54, 1.807) is 18.2 Å². The molecule has 39 heavy (non-hydrogen) atoms. The fourth-order valence-corrected chi connectivity index (χ4v) is 7.83. The molecule has 2 N–H and O–H groups in total. The standard InChI is InChI=1S/C30H29F2NO5S/c31-27(32)26(28(34)35)22-10-12-23(13-11-22)30(16-17-33(20-30)19-21-6-2-1-3-7-21)39(37,38)25-9-4-8-24(18-25)29(36)14-5-15-29/h1-4,6-13,18,36H,5,14-17,19-20H2,(H,34,35). The van der Waals surface area contributed by atoms with Gasteiger partial charge in [-0.1, -0.05) is 66.7 Å². The van der Waals surface area contributed by atoms with Crippen molar-refractivity contribution in [2.24, 2.45) is 0 Å². The highest BCUT2D eigenvalue weighted by Crippen LogP contribution is 2.46. The highest BCUT2D eigenvalue weighted by Gasteiger charge is 2.51. The Bertz CT molecular complexity index is 1510. The average Bonchev–Trinajstić information content (AvgIpc) is 3.33. The largest absolute Gasteiger partial charge is 0.477 e. The third kappa shape index (κ3) is 4.90. The molecule has 0 aromatic heterocycles. The van der Waals surface area contributed by atoms with Crippen molar-refractivity contribution >= 4 is 21.4 Å². The summed E-state index contributed by atoms with van der Waals surface area (Å²) in [5.74, 6) is -1.76. The summed E-state index contributed by atoms with van der Waals surface area (Å²) < 4.78 is 54.1. The molecule has 3 aromatic carbocycles. The first-order valence-corrected chi connectivity index (χ1v) is 14.3. The van der Waals surface area contributed by atoms with Crippen molar-refractivity contribution in [3.8, 4) is 0 Å². The Kier molecular flexibility index (Phi) is 7.17. The van der Waals surface area contributed by atoms with Crippen LogP contribution in [0.15, 0.2) is 89.8 Å². The maximum atomic E-state index is 14.4. The number of hydrogen-bond donors (Lipinski definition) is 2. The number of carboxylic acid groups (broad SMARTS) is 1. The fourth-order valence-electron chi connectivity index (χ4n) is 5.68. The van der Waals surface area contributed by atoms with Gasteiger partial charge in [-0.25, -0.2) is 13.2 Å². The summed E-state index contributed by atoms with van der Waals surface area (Å²) in [5.41, 5.74) is -0.354. The van der Waals surface area contributed by atoms with Gasteiger partial charge in [-0.05, 0) is 60.1 Å². The van der Waals surface area contributed by atoms with Gasteiger partial charge in [-0.15, -0.1) is 0 Å². The maximum absolute atomic E-state index is 14.4. The van der Waals surface area contributed by atoms with E-state index < -0.39 is 37.8 Å². The van der Waals surface area contributed by atoms with Gasteiger partial charge in [-0.3, -0.25) is 4.90 Å². The number of carbonyl (C=O) groups is 1. The highest BCUT2D eigenvalue weighted by molar-refractivity contribution is 7.92. The van der Waals surface area contributed by atoms with Crippen LogP contribution in [0.5, 0.6) is 0 Å². The van der Waals surface area contributed by atoms with Crippen LogP contribution in [0.2, 0.25) is 0 Å². The van der Waals surface area contributed by atoms with Crippen LogP contribution in [0, 0.1) is 0 Å². The van der Waals surface area contributed by atoms with Crippen molar-refractivity contribution in [1.29, 1.82) is 0 Å². The van der Waals surface area contributed by atoms with Gasteiger partial charge in [0.1, 0.15) is 10.3 Å². The second-order valence-electron chi connectivity index (χ2n) is 10.4. The number of halogens is 2. The summed E-state index contributed by atoms with van der Waals surface area (Å²) in [6, 6.07) is 21.5. The molecule has 1 heterocycles. The van der Waals surface area contributed by atoms with Crippen LogP contribution in [-0.4, -0.2) is 42.6 Å². The maximum Gasteiger partial charge on any atom is 0.341 e. The number of likely N-dealkylation sites (tertiary alicyclic amines) is 1. The predicted octanol–water partition coefficient (Wildman–Crippen LogP) is 5.33. The minimum atomic E-state index is -4.04. The molecule has 1 aliphatic heterocycles. The average molecular weight is 554 g/mol. The van der Waals surface area contributed by atoms with Gasteiger partial charge in [0.25, 0.3) is 6.08 Å². The van der Waals surface area contributed by atoms with Gasteiger partial charge in [-0.2, -0.15) is 8.78 Å². The normalized spacial score (nSPS) is 20.8. The third-order valence-electron chi connectivity index (χ3n) is 8.04. The van der Waals surface area contributed by atoms with Crippen LogP contribution in [0.4, 0.5) is 8.78 Å². The summed E-state index contributed by atoms with van der Waals surface area (Å²) in [6.07, 6.45) is -0.0606. The van der Waals surface area contributed by atoms with Crippen molar-refractivity contribution in [3.05, 3.63) is 107 Å². The smallest absolute Gasteiger partial charge is 0.341 e. The topological polar surface area (TPSA) is 94.9 Å².